The number of hydrogen-bond donors (Lipinski definition) is 1. The highest BCUT2D eigenvalue weighted by atomic mass is 35.5. The summed E-state index contributed by atoms with van der Waals surface area (Å²) in [5, 5.41) is 4.31. The van der Waals surface area contributed by atoms with Crippen LogP contribution in [0.25, 0.3) is 5.69 Å². The van der Waals surface area contributed by atoms with Crippen LogP contribution in [0.4, 0.5) is 5.69 Å². The third-order valence-corrected chi connectivity index (χ3v) is 7.61. The second kappa shape index (κ2) is 12.1. The number of nitrogens with one attached hydrogen (secondary N) is 1. The van der Waals surface area contributed by atoms with Gasteiger partial charge in [-0.3, -0.25) is 14.3 Å². The lowest BCUT2D eigenvalue weighted by Gasteiger charge is -2.36. The standard InChI is InChI=1S/C28H35Cl2N5O/c1-4-9-25-32-27(21(3)35(25)23-12-6-5-10-20(23)2)28(36)31-14-8-15-33-16-18-34(19-17-33)24-13-7-11-22(29)26(24)30/h5-7,10-13H,4,8-9,14-19H2,1-3H3,(H,31,36). The molecule has 0 spiro atoms. The fourth-order valence-electron chi connectivity index (χ4n) is 4.84. The zero-order chi connectivity index (χ0) is 25.7. The van der Waals surface area contributed by atoms with Crippen molar-refractivity contribution in [3.8, 4) is 5.69 Å². The number of aromatic nitrogens is 2. The normalized spacial score (nSPS) is 14.3. The van der Waals surface area contributed by atoms with Crippen LogP contribution in [0.1, 0.15) is 47.3 Å². The van der Waals surface area contributed by atoms with Gasteiger partial charge in [-0.25, -0.2) is 4.98 Å². The van der Waals surface area contributed by atoms with E-state index in [1.165, 1.54) is 5.56 Å². The van der Waals surface area contributed by atoms with E-state index in [0.717, 1.165) is 74.9 Å². The van der Waals surface area contributed by atoms with Crippen LogP contribution in [-0.4, -0.2) is 59.6 Å². The van der Waals surface area contributed by atoms with Crippen LogP contribution in [0.3, 0.4) is 0 Å². The number of imidazole rings is 1. The largest absolute Gasteiger partial charge is 0.368 e. The molecule has 36 heavy (non-hydrogen) atoms. The maximum Gasteiger partial charge on any atom is 0.271 e. The van der Waals surface area contributed by atoms with Crippen molar-refractivity contribution in [3.63, 3.8) is 0 Å². The summed E-state index contributed by atoms with van der Waals surface area (Å²) in [6.45, 7) is 11.5. The Balaban J connectivity index is 1.30. The highest BCUT2D eigenvalue weighted by Gasteiger charge is 2.22. The van der Waals surface area contributed by atoms with Crippen molar-refractivity contribution in [2.24, 2.45) is 0 Å². The lowest BCUT2D eigenvalue weighted by molar-refractivity contribution is 0.0946. The molecule has 0 bridgehead atoms. The summed E-state index contributed by atoms with van der Waals surface area (Å²) >= 11 is 12.6. The summed E-state index contributed by atoms with van der Waals surface area (Å²) in [5.41, 5.74) is 4.66. The van der Waals surface area contributed by atoms with Gasteiger partial charge in [0.1, 0.15) is 11.5 Å². The first kappa shape index (κ1) is 26.5. The first-order valence-electron chi connectivity index (χ1n) is 12.7. The van der Waals surface area contributed by atoms with E-state index in [-0.39, 0.29) is 5.91 Å². The minimum absolute atomic E-state index is 0.0994. The van der Waals surface area contributed by atoms with Gasteiger partial charge in [0, 0.05) is 44.8 Å². The highest BCUT2D eigenvalue weighted by molar-refractivity contribution is 6.43. The molecule has 1 saturated heterocycles. The molecule has 3 aromatic rings. The van der Waals surface area contributed by atoms with Gasteiger partial charge in [0.05, 0.1) is 21.4 Å². The van der Waals surface area contributed by atoms with Crippen LogP contribution in [0.15, 0.2) is 42.5 Å². The summed E-state index contributed by atoms with van der Waals surface area (Å²) in [6, 6.07) is 14.0. The molecule has 4 rings (SSSR count). The number of nitrogens with zero attached hydrogens (tertiary/aromatic N) is 4. The second-order valence-electron chi connectivity index (χ2n) is 9.35. The number of amides is 1. The molecule has 2 aromatic carbocycles. The van der Waals surface area contributed by atoms with Gasteiger partial charge in [-0.1, -0.05) is 54.4 Å². The number of aryl methyl sites for hydroxylation is 2. The van der Waals surface area contributed by atoms with Gasteiger partial charge in [0.25, 0.3) is 5.91 Å². The smallest absolute Gasteiger partial charge is 0.271 e. The third kappa shape index (κ3) is 5.88. The first-order valence-corrected chi connectivity index (χ1v) is 13.5. The molecule has 2 heterocycles. The topological polar surface area (TPSA) is 53.4 Å². The van der Waals surface area contributed by atoms with Crippen molar-refractivity contribution < 1.29 is 4.79 Å². The van der Waals surface area contributed by atoms with Gasteiger partial charge in [-0.05, 0) is 57.0 Å². The molecule has 0 aliphatic carbocycles. The van der Waals surface area contributed by atoms with E-state index >= 15 is 0 Å². The molecule has 0 saturated carbocycles. The summed E-state index contributed by atoms with van der Waals surface area (Å²) in [7, 11) is 0. The molecule has 1 aliphatic heterocycles. The Morgan fingerprint density at radius 3 is 2.44 bits per heavy atom. The fraction of sp³-hybridized carbons (Fsp3) is 0.429. The van der Waals surface area contributed by atoms with E-state index in [0.29, 0.717) is 22.3 Å². The van der Waals surface area contributed by atoms with Crippen LogP contribution in [-0.2, 0) is 6.42 Å². The number of carbonyl (C=O) groups excluding carboxylic acids is 1. The Morgan fingerprint density at radius 2 is 1.72 bits per heavy atom. The molecule has 0 unspecified atom stereocenters. The molecule has 0 radical (unpaired) electrons. The van der Waals surface area contributed by atoms with Crippen molar-refractivity contribution in [1.29, 1.82) is 0 Å². The molecular weight excluding hydrogens is 493 g/mol. The van der Waals surface area contributed by atoms with Crippen LogP contribution < -0.4 is 10.2 Å². The Kier molecular flexibility index (Phi) is 8.94. The van der Waals surface area contributed by atoms with Gasteiger partial charge in [0.2, 0.25) is 0 Å². The number of halogens is 2. The summed E-state index contributed by atoms with van der Waals surface area (Å²) < 4.78 is 2.14. The summed E-state index contributed by atoms with van der Waals surface area (Å²) in [5.74, 6) is 0.838. The van der Waals surface area contributed by atoms with Crippen molar-refractivity contribution in [2.45, 2.75) is 40.0 Å². The van der Waals surface area contributed by atoms with Gasteiger partial charge in [-0.15, -0.1) is 0 Å². The van der Waals surface area contributed by atoms with Gasteiger partial charge in [-0.2, -0.15) is 0 Å². The van der Waals surface area contributed by atoms with Crippen LogP contribution in [0, 0.1) is 13.8 Å². The second-order valence-corrected chi connectivity index (χ2v) is 10.1. The number of rotatable bonds is 9. The maximum absolute atomic E-state index is 13.0. The summed E-state index contributed by atoms with van der Waals surface area (Å²) in [6.07, 6.45) is 2.69. The van der Waals surface area contributed by atoms with Crippen LogP contribution >= 0.6 is 23.2 Å². The van der Waals surface area contributed by atoms with Gasteiger partial charge in [0.15, 0.2) is 0 Å². The molecule has 1 aromatic heterocycles. The zero-order valence-electron chi connectivity index (χ0n) is 21.4. The first-order chi connectivity index (χ1) is 17.4. The SMILES string of the molecule is CCCc1nc(C(=O)NCCCN2CCN(c3cccc(Cl)c3Cl)CC2)c(C)n1-c1ccccc1C. The van der Waals surface area contributed by atoms with E-state index in [1.54, 1.807) is 0 Å². The minimum Gasteiger partial charge on any atom is -0.368 e. The van der Waals surface area contributed by atoms with E-state index in [4.69, 9.17) is 28.2 Å². The molecular formula is C28H35Cl2N5O. The van der Waals surface area contributed by atoms with Crippen LogP contribution in [0.5, 0.6) is 0 Å². The number of benzene rings is 2. The fourth-order valence-corrected chi connectivity index (χ4v) is 5.25. The number of hydrogen-bond acceptors (Lipinski definition) is 4. The van der Waals surface area contributed by atoms with E-state index in [9.17, 15) is 4.79 Å². The Hall–Kier alpha value is -2.54. The molecule has 0 atom stereocenters. The van der Waals surface area contributed by atoms with E-state index < -0.39 is 0 Å². The number of para-hydroxylation sites is 1. The van der Waals surface area contributed by atoms with Crippen LogP contribution in [0.2, 0.25) is 10.0 Å². The highest BCUT2D eigenvalue weighted by Crippen LogP contribution is 2.32. The number of carbonyl (C=O) groups is 1. The van der Waals surface area contributed by atoms with Crippen molar-refractivity contribution in [3.05, 3.63) is 75.3 Å². The predicted octanol–water partition coefficient (Wildman–Crippen LogP) is 5.69. The zero-order valence-corrected chi connectivity index (χ0v) is 22.9. The lowest BCUT2D eigenvalue weighted by Crippen LogP contribution is -2.47. The minimum atomic E-state index is -0.0994. The molecule has 1 N–H and O–H groups in total. The average molecular weight is 529 g/mol. The molecule has 8 heteroatoms. The Labute approximate surface area is 224 Å². The lowest BCUT2D eigenvalue weighted by atomic mass is 10.2. The monoisotopic (exact) mass is 527 g/mol. The van der Waals surface area contributed by atoms with Crippen molar-refractivity contribution in [2.75, 3.05) is 44.2 Å². The number of anilines is 1. The Bertz CT molecular complexity index is 1200. The third-order valence-electron chi connectivity index (χ3n) is 6.80. The molecule has 1 amide bonds. The quantitative estimate of drug-likeness (QED) is 0.363. The van der Waals surface area contributed by atoms with Crippen molar-refractivity contribution >= 4 is 34.8 Å². The molecule has 1 fully saturated rings. The van der Waals surface area contributed by atoms with Gasteiger partial charge >= 0.3 is 0 Å². The molecule has 192 valence electrons. The molecule has 6 nitrogen and oxygen atoms in total. The van der Waals surface area contributed by atoms with E-state index in [1.807, 2.05) is 37.3 Å². The molecule has 1 aliphatic rings. The van der Waals surface area contributed by atoms with E-state index in [2.05, 4.69) is 45.7 Å². The predicted molar refractivity (Wildman–Crippen MR) is 149 cm³/mol. The van der Waals surface area contributed by atoms with Crippen molar-refractivity contribution in [1.82, 2.24) is 19.8 Å². The summed E-state index contributed by atoms with van der Waals surface area (Å²) in [4.78, 5) is 22.5. The van der Waals surface area contributed by atoms with Gasteiger partial charge < -0.3 is 10.2 Å². The average Bonchev–Trinajstić information content (AvgIpc) is 3.20. The Morgan fingerprint density at radius 1 is 1.00 bits per heavy atom. The number of piperazine rings is 1. The maximum atomic E-state index is 13.0.